The van der Waals surface area contributed by atoms with E-state index in [1.165, 1.54) is 77.1 Å². The van der Waals surface area contributed by atoms with Gasteiger partial charge >= 0.3 is 0 Å². The van der Waals surface area contributed by atoms with Gasteiger partial charge in [0.05, 0.1) is 10.7 Å². The molecule has 0 N–H and O–H groups in total. The molecule has 0 saturated carbocycles. The number of anilines is 3. The van der Waals surface area contributed by atoms with Crippen molar-refractivity contribution in [1.82, 2.24) is 0 Å². The Morgan fingerprint density at radius 1 is 0.816 bits per heavy atom. The highest BCUT2D eigenvalue weighted by molar-refractivity contribution is 7.26. The van der Waals surface area contributed by atoms with Crippen LogP contribution < -0.4 is 26.0 Å². The van der Waals surface area contributed by atoms with Gasteiger partial charge in [-0.3, -0.25) is 0 Å². The number of rotatable bonds is 1. The van der Waals surface area contributed by atoms with Gasteiger partial charge in [-0.05, 0) is 106 Å². The number of aryl methyl sites for hydroxylation is 3. The third kappa shape index (κ3) is 3.01. The van der Waals surface area contributed by atoms with Crippen molar-refractivity contribution in [3.05, 3.63) is 94.5 Å². The van der Waals surface area contributed by atoms with E-state index in [0.29, 0.717) is 0 Å². The van der Waals surface area contributed by atoms with Crippen molar-refractivity contribution in [2.75, 3.05) is 4.90 Å². The first-order chi connectivity index (χ1) is 18.3. The molecule has 0 atom stereocenters. The van der Waals surface area contributed by atoms with E-state index in [2.05, 4.69) is 106 Å². The van der Waals surface area contributed by atoms with Gasteiger partial charge in [-0.1, -0.05) is 62.7 Å². The largest absolute Gasteiger partial charge is 0.458 e. The molecule has 3 aliphatic rings. The van der Waals surface area contributed by atoms with E-state index >= 15 is 0 Å². The van der Waals surface area contributed by atoms with Crippen molar-refractivity contribution >= 4 is 60.9 Å². The lowest BCUT2D eigenvalue weighted by molar-refractivity contribution is 0.487. The van der Waals surface area contributed by atoms with Crippen LogP contribution in [0, 0.1) is 13.8 Å². The highest BCUT2D eigenvalue weighted by atomic mass is 32.1. The van der Waals surface area contributed by atoms with Crippen molar-refractivity contribution in [2.24, 2.45) is 0 Å². The van der Waals surface area contributed by atoms with Crippen molar-refractivity contribution in [3.8, 4) is 11.5 Å². The molecule has 4 aromatic carbocycles. The molecular weight excluding hydrogens is 481 g/mol. The van der Waals surface area contributed by atoms with Crippen LogP contribution in [0.15, 0.2) is 66.7 Å². The van der Waals surface area contributed by atoms with Gasteiger partial charge in [-0.15, -0.1) is 11.3 Å². The van der Waals surface area contributed by atoms with Gasteiger partial charge < -0.3 is 9.64 Å². The van der Waals surface area contributed by atoms with Gasteiger partial charge in [-0.2, -0.15) is 0 Å². The molecule has 5 aromatic rings. The van der Waals surface area contributed by atoms with Crippen LogP contribution in [0.2, 0.25) is 0 Å². The molecule has 186 valence electrons. The Labute approximate surface area is 229 Å². The maximum Gasteiger partial charge on any atom is 0.258 e. The van der Waals surface area contributed by atoms with E-state index in [9.17, 15) is 0 Å². The predicted molar refractivity (Wildman–Crippen MR) is 163 cm³/mol. The fraction of sp³-hybridized carbons (Fsp3) is 0.235. The zero-order valence-corrected chi connectivity index (χ0v) is 23.4. The SMILES string of the molecule is Cc1ccc2c(c1)Oc1cccc3c1B2c1c(sc2ccc(C)cc12)N3c1cc(C(C)(C)C)cc2c1CC2. The van der Waals surface area contributed by atoms with Gasteiger partial charge in [0.15, 0.2) is 0 Å². The minimum atomic E-state index is 0.0911. The summed E-state index contributed by atoms with van der Waals surface area (Å²) in [5.41, 5.74) is 13.7. The molecule has 2 nitrogen and oxygen atoms in total. The van der Waals surface area contributed by atoms with Crippen molar-refractivity contribution in [2.45, 2.75) is 52.9 Å². The van der Waals surface area contributed by atoms with Crippen molar-refractivity contribution in [1.29, 1.82) is 0 Å². The van der Waals surface area contributed by atoms with Gasteiger partial charge in [0, 0.05) is 10.4 Å². The predicted octanol–water partition coefficient (Wildman–Crippen LogP) is 7.32. The summed E-state index contributed by atoms with van der Waals surface area (Å²) < 4.78 is 7.99. The number of hydrogen-bond acceptors (Lipinski definition) is 3. The van der Waals surface area contributed by atoms with E-state index < -0.39 is 0 Å². The normalized spacial score (nSPS) is 14.9. The Balaban J connectivity index is 1.49. The number of fused-ring (bicyclic) bond motifs is 7. The molecule has 8 rings (SSSR count). The average Bonchev–Trinajstić information content (AvgIpc) is 3.22. The summed E-state index contributed by atoms with van der Waals surface area (Å²) in [4.78, 5) is 2.58. The molecule has 4 heteroatoms. The first-order valence-electron chi connectivity index (χ1n) is 13.7. The van der Waals surface area contributed by atoms with Crippen LogP contribution in [0.5, 0.6) is 11.5 Å². The van der Waals surface area contributed by atoms with E-state index in [0.717, 1.165) is 17.9 Å². The first-order valence-corrected chi connectivity index (χ1v) is 14.5. The van der Waals surface area contributed by atoms with Crippen LogP contribution >= 0.6 is 11.3 Å². The molecule has 3 heterocycles. The lowest BCUT2D eigenvalue weighted by Crippen LogP contribution is -2.59. The highest BCUT2D eigenvalue weighted by Gasteiger charge is 2.44. The van der Waals surface area contributed by atoms with Crippen molar-refractivity contribution in [3.63, 3.8) is 0 Å². The first kappa shape index (κ1) is 22.5. The van der Waals surface area contributed by atoms with Crippen LogP contribution in [0.3, 0.4) is 0 Å². The van der Waals surface area contributed by atoms with E-state index in [1.54, 1.807) is 0 Å². The van der Waals surface area contributed by atoms with Crippen LogP contribution in [0.4, 0.5) is 16.4 Å². The molecule has 0 bridgehead atoms. The summed E-state index contributed by atoms with van der Waals surface area (Å²) >= 11 is 1.94. The molecule has 38 heavy (non-hydrogen) atoms. The van der Waals surface area contributed by atoms with E-state index in [-0.39, 0.29) is 12.1 Å². The van der Waals surface area contributed by atoms with Crippen LogP contribution in [-0.2, 0) is 18.3 Å². The molecule has 2 aliphatic heterocycles. The Bertz CT molecular complexity index is 1830. The Hall–Kier alpha value is -3.50. The number of ether oxygens (including phenoxy) is 1. The lowest BCUT2D eigenvalue weighted by Gasteiger charge is -2.41. The third-order valence-electron chi connectivity index (χ3n) is 8.70. The molecule has 1 aliphatic carbocycles. The van der Waals surface area contributed by atoms with E-state index in [4.69, 9.17) is 4.74 Å². The number of nitrogens with zero attached hydrogens (tertiary/aromatic N) is 1. The molecule has 0 fully saturated rings. The fourth-order valence-corrected chi connectivity index (χ4v) is 7.85. The van der Waals surface area contributed by atoms with Crippen LogP contribution in [0.25, 0.3) is 10.1 Å². The van der Waals surface area contributed by atoms with Gasteiger partial charge in [0.25, 0.3) is 6.71 Å². The number of hydrogen-bond donors (Lipinski definition) is 0. The number of benzene rings is 4. The second kappa shape index (κ2) is 7.54. The summed E-state index contributed by atoms with van der Waals surface area (Å²) in [6.45, 7) is 11.5. The molecule has 0 unspecified atom stereocenters. The molecule has 1 aromatic heterocycles. The monoisotopic (exact) mass is 511 g/mol. The zero-order valence-electron chi connectivity index (χ0n) is 22.6. The summed E-state index contributed by atoms with van der Waals surface area (Å²) in [5, 5.41) is 2.73. The molecule has 0 amide bonds. The highest BCUT2D eigenvalue weighted by Crippen LogP contribution is 2.49. The third-order valence-corrected chi connectivity index (χ3v) is 9.87. The Morgan fingerprint density at radius 3 is 2.42 bits per heavy atom. The fourth-order valence-electron chi connectivity index (χ4n) is 6.60. The average molecular weight is 511 g/mol. The topological polar surface area (TPSA) is 12.5 Å². The summed E-state index contributed by atoms with van der Waals surface area (Å²) in [6, 6.07) is 25.2. The van der Waals surface area contributed by atoms with Crippen LogP contribution in [-0.4, -0.2) is 6.71 Å². The summed E-state index contributed by atoms with van der Waals surface area (Å²) in [6.07, 6.45) is 2.31. The minimum Gasteiger partial charge on any atom is -0.458 e. The molecule has 0 spiro atoms. The lowest BCUT2D eigenvalue weighted by atomic mass is 9.34. The van der Waals surface area contributed by atoms with Gasteiger partial charge in [0.2, 0.25) is 0 Å². The molecule has 0 radical (unpaired) electrons. The second-order valence-electron chi connectivity index (χ2n) is 12.3. The van der Waals surface area contributed by atoms with Gasteiger partial charge in [-0.25, -0.2) is 0 Å². The molecule has 0 saturated heterocycles. The molecular formula is C34H30BNOS. The summed E-state index contributed by atoms with van der Waals surface area (Å²) in [7, 11) is 0. The zero-order chi connectivity index (χ0) is 25.9. The Morgan fingerprint density at radius 2 is 1.63 bits per heavy atom. The smallest absolute Gasteiger partial charge is 0.258 e. The quantitative estimate of drug-likeness (QED) is 0.214. The number of thiophene rings is 1. The standard InChI is InChI=1S/C34H30BNOS/c1-19-10-14-30-24(15-19)31-33(38-30)36(27-18-22(34(3,4)5)17-21-11-12-23(21)27)26-7-6-8-28-32(26)35(31)25-13-9-20(2)16-29(25)37-28/h6-10,13-18H,11-12H2,1-5H3. The van der Waals surface area contributed by atoms with Crippen molar-refractivity contribution < 1.29 is 4.74 Å². The van der Waals surface area contributed by atoms with Gasteiger partial charge in [0.1, 0.15) is 11.5 Å². The van der Waals surface area contributed by atoms with E-state index in [1.807, 2.05) is 11.3 Å². The van der Waals surface area contributed by atoms with Crippen LogP contribution in [0.1, 0.15) is 48.6 Å². The maximum absolute atomic E-state index is 6.64. The summed E-state index contributed by atoms with van der Waals surface area (Å²) in [5.74, 6) is 1.98. The minimum absolute atomic E-state index is 0.0911. The Kier molecular flexibility index (Phi) is 4.46. The maximum atomic E-state index is 6.64. The second-order valence-corrected chi connectivity index (χ2v) is 13.3.